The minimum absolute atomic E-state index is 0.368. The maximum absolute atomic E-state index is 6.41. The van der Waals surface area contributed by atoms with Gasteiger partial charge in [-0.1, -0.05) is 103 Å². The molecular weight excluding hydrogens is 448 g/mol. The zero-order chi connectivity index (χ0) is 24.3. The molecule has 1 aromatic carbocycles. The third kappa shape index (κ3) is 3.30. The van der Waals surface area contributed by atoms with Gasteiger partial charge in [-0.05, 0) is 65.2 Å². The first-order valence-electron chi connectivity index (χ1n) is 13.8. The molecule has 1 heterocycles. The van der Waals surface area contributed by atoms with Crippen LogP contribution in [0.15, 0.2) is 124 Å². The van der Waals surface area contributed by atoms with E-state index >= 15 is 0 Å². The molecule has 180 valence electrons. The van der Waals surface area contributed by atoms with Crippen molar-refractivity contribution in [2.75, 3.05) is 0 Å². The molecule has 37 heavy (non-hydrogen) atoms. The van der Waals surface area contributed by atoms with Crippen molar-refractivity contribution in [1.82, 2.24) is 0 Å². The van der Waals surface area contributed by atoms with Crippen LogP contribution >= 0.6 is 0 Å². The van der Waals surface area contributed by atoms with E-state index in [4.69, 9.17) is 4.42 Å². The number of fused-ring (bicyclic) bond motifs is 6. The Morgan fingerprint density at radius 1 is 0.838 bits per heavy atom. The van der Waals surface area contributed by atoms with Gasteiger partial charge < -0.3 is 4.42 Å². The lowest BCUT2D eigenvalue weighted by molar-refractivity contribution is 0.399. The van der Waals surface area contributed by atoms with Crippen LogP contribution in [0.5, 0.6) is 0 Å². The van der Waals surface area contributed by atoms with E-state index in [-0.39, 0.29) is 0 Å². The molecule has 6 aliphatic rings. The molecule has 0 bridgehead atoms. The molecule has 5 unspecified atom stereocenters. The van der Waals surface area contributed by atoms with Crippen molar-refractivity contribution in [2.24, 2.45) is 23.7 Å². The molecule has 1 aromatic heterocycles. The lowest BCUT2D eigenvalue weighted by atomic mass is 9.59. The lowest BCUT2D eigenvalue weighted by Gasteiger charge is -2.44. The summed E-state index contributed by atoms with van der Waals surface area (Å²) >= 11 is 0. The molecule has 0 saturated carbocycles. The second-order valence-corrected chi connectivity index (χ2v) is 11.1. The van der Waals surface area contributed by atoms with E-state index in [0.717, 1.165) is 30.4 Å². The van der Waals surface area contributed by atoms with Crippen LogP contribution in [0.4, 0.5) is 0 Å². The van der Waals surface area contributed by atoms with Gasteiger partial charge in [0.05, 0.1) is 0 Å². The smallest absolute Gasteiger partial charge is 0.131 e. The predicted octanol–water partition coefficient (Wildman–Crippen LogP) is 6.88. The quantitative estimate of drug-likeness (QED) is 0.459. The van der Waals surface area contributed by atoms with Crippen molar-refractivity contribution in [2.45, 2.75) is 25.2 Å². The van der Waals surface area contributed by atoms with Gasteiger partial charge in [-0.3, -0.25) is 0 Å². The number of hydrogen-bond donors (Lipinski definition) is 0. The second kappa shape index (κ2) is 8.35. The van der Waals surface area contributed by atoms with E-state index < -0.39 is 0 Å². The van der Waals surface area contributed by atoms with Crippen LogP contribution in [-0.2, 0) is 6.42 Å². The molecule has 0 aliphatic heterocycles. The summed E-state index contributed by atoms with van der Waals surface area (Å²) in [5, 5.41) is 1.33. The minimum Gasteiger partial charge on any atom is -0.457 e. The molecule has 0 amide bonds. The number of furan rings is 1. The van der Waals surface area contributed by atoms with Crippen LogP contribution in [0.3, 0.4) is 0 Å². The fourth-order valence-corrected chi connectivity index (χ4v) is 7.57. The summed E-state index contributed by atoms with van der Waals surface area (Å²) in [5.74, 6) is 3.27. The Bertz CT molecular complexity index is 1660. The maximum Gasteiger partial charge on any atom is 0.131 e. The summed E-state index contributed by atoms with van der Waals surface area (Å²) in [7, 11) is 0. The molecular formula is C36H30O. The van der Waals surface area contributed by atoms with E-state index in [1.54, 1.807) is 11.1 Å². The Morgan fingerprint density at radius 3 is 2.68 bits per heavy atom. The molecule has 0 fully saturated rings. The van der Waals surface area contributed by atoms with Gasteiger partial charge in [0, 0.05) is 34.5 Å². The first kappa shape index (κ1) is 21.3. The fraction of sp³-hybridized carbons (Fsp3) is 0.222. The van der Waals surface area contributed by atoms with Crippen molar-refractivity contribution in [3.63, 3.8) is 0 Å². The molecule has 0 radical (unpaired) electrons. The molecule has 2 aromatic rings. The van der Waals surface area contributed by atoms with E-state index in [0.29, 0.717) is 29.6 Å². The highest BCUT2D eigenvalue weighted by molar-refractivity contribution is 5.65. The molecule has 0 saturated heterocycles. The van der Waals surface area contributed by atoms with E-state index in [9.17, 15) is 0 Å². The highest BCUT2D eigenvalue weighted by atomic mass is 16.3. The molecule has 1 heteroatoms. The lowest BCUT2D eigenvalue weighted by Crippen LogP contribution is -2.35. The molecule has 6 aliphatic carbocycles. The summed E-state index contributed by atoms with van der Waals surface area (Å²) in [6, 6.07) is 11.2. The fourth-order valence-electron chi connectivity index (χ4n) is 7.57. The molecule has 8 rings (SSSR count). The largest absolute Gasteiger partial charge is 0.457 e. The van der Waals surface area contributed by atoms with Crippen LogP contribution in [0.1, 0.15) is 35.6 Å². The third-order valence-corrected chi connectivity index (χ3v) is 9.19. The molecule has 0 N–H and O–H groups in total. The topological polar surface area (TPSA) is 13.1 Å². The van der Waals surface area contributed by atoms with Gasteiger partial charge in [-0.2, -0.15) is 0 Å². The standard InChI is InChI=1S/C36H30O/c1-2-10-23(11-3-1)35-27-14-6-8-16-29(27)36(30-17-9-7-15-28(30)35)26-18-19-33-31(21-26)32-20-24-12-4-5-13-25(24)22-34(32)37-33/h1-14,16-17,19,21-22,24,26-28,35H,15,18,20H2. The zero-order valence-corrected chi connectivity index (χ0v) is 20.9. The predicted molar refractivity (Wildman–Crippen MR) is 152 cm³/mol. The number of rotatable bonds is 2. The molecule has 5 atom stereocenters. The van der Waals surface area contributed by atoms with Crippen LogP contribution in [0.25, 0.3) is 18.2 Å². The number of benzene rings is 1. The minimum atomic E-state index is 0.368. The van der Waals surface area contributed by atoms with Crippen LogP contribution in [0, 0.1) is 23.7 Å². The van der Waals surface area contributed by atoms with Gasteiger partial charge in [0.25, 0.3) is 0 Å². The maximum atomic E-state index is 6.41. The number of hydrogen-bond acceptors (Lipinski definition) is 1. The molecule has 1 nitrogen and oxygen atoms in total. The summed E-state index contributed by atoms with van der Waals surface area (Å²) in [4.78, 5) is 0. The van der Waals surface area contributed by atoms with Gasteiger partial charge >= 0.3 is 0 Å². The average Bonchev–Trinajstić information content (AvgIpc) is 3.31. The summed E-state index contributed by atoms with van der Waals surface area (Å²) in [5.41, 5.74) is 9.88. The second-order valence-electron chi connectivity index (χ2n) is 11.1. The van der Waals surface area contributed by atoms with Crippen molar-refractivity contribution >= 4 is 18.2 Å². The average molecular weight is 479 g/mol. The van der Waals surface area contributed by atoms with Crippen LogP contribution in [-0.4, -0.2) is 0 Å². The Kier molecular flexibility index (Phi) is 4.80. The monoisotopic (exact) mass is 478 g/mol. The van der Waals surface area contributed by atoms with Gasteiger partial charge in [-0.25, -0.2) is 0 Å². The van der Waals surface area contributed by atoms with E-state index in [1.807, 2.05) is 0 Å². The van der Waals surface area contributed by atoms with Gasteiger partial charge in [-0.15, -0.1) is 0 Å². The highest BCUT2D eigenvalue weighted by Crippen LogP contribution is 2.54. The van der Waals surface area contributed by atoms with Crippen molar-refractivity contribution in [3.8, 4) is 0 Å². The normalized spacial score (nSPS) is 30.2. The summed E-state index contributed by atoms with van der Waals surface area (Å²) in [6.45, 7) is 0. The summed E-state index contributed by atoms with van der Waals surface area (Å²) < 4.78 is 6.41. The van der Waals surface area contributed by atoms with E-state index in [1.165, 1.54) is 27.5 Å². The van der Waals surface area contributed by atoms with Crippen LogP contribution < -0.4 is 10.6 Å². The van der Waals surface area contributed by atoms with Crippen molar-refractivity contribution in [1.29, 1.82) is 0 Å². The first-order valence-corrected chi connectivity index (χ1v) is 13.8. The zero-order valence-electron chi connectivity index (χ0n) is 20.9. The third-order valence-electron chi connectivity index (χ3n) is 9.19. The Labute approximate surface area is 218 Å². The van der Waals surface area contributed by atoms with Crippen LogP contribution in [0.2, 0.25) is 0 Å². The van der Waals surface area contributed by atoms with Gasteiger partial charge in [0.15, 0.2) is 0 Å². The van der Waals surface area contributed by atoms with Gasteiger partial charge in [0.2, 0.25) is 0 Å². The van der Waals surface area contributed by atoms with Crippen molar-refractivity contribution in [3.05, 3.63) is 147 Å². The first-order chi connectivity index (χ1) is 18.3. The van der Waals surface area contributed by atoms with Crippen molar-refractivity contribution < 1.29 is 4.42 Å². The number of allylic oxidation sites excluding steroid dienone is 15. The Hall–Kier alpha value is -3.84. The molecule has 0 spiro atoms. The van der Waals surface area contributed by atoms with Gasteiger partial charge in [0.1, 0.15) is 11.2 Å². The summed E-state index contributed by atoms with van der Waals surface area (Å²) in [6.07, 6.45) is 35.6. The SMILES string of the molecule is C1=CCC2C(=C1)C(C1C=c3c4c(oc3=CC1)C=C1C=CC=CC1C4)=C1C=CC=CC1C2c1ccccc1. The highest BCUT2D eigenvalue weighted by Gasteiger charge is 2.42. The Morgan fingerprint density at radius 2 is 1.73 bits per heavy atom. The van der Waals surface area contributed by atoms with E-state index in [2.05, 4.69) is 115 Å². The Balaban J connectivity index is 1.29.